The van der Waals surface area contributed by atoms with Gasteiger partial charge in [0.2, 0.25) is 16.0 Å². The summed E-state index contributed by atoms with van der Waals surface area (Å²) in [4.78, 5) is 16.6. The Morgan fingerprint density at radius 3 is 2.44 bits per heavy atom. The minimum Gasteiger partial charge on any atom is -0.459 e. The molecule has 0 unspecified atom stereocenters. The van der Waals surface area contributed by atoms with E-state index in [9.17, 15) is 13.2 Å². The van der Waals surface area contributed by atoms with Gasteiger partial charge >= 0.3 is 5.97 Å². The third kappa shape index (κ3) is 6.02. The topological polar surface area (TPSA) is 130 Å². The lowest BCUT2D eigenvalue weighted by Crippen LogP contribution is -2.38. The van der Waals surface area contributed by atoms with Crippen molar-refractivity contribution in [2.24, 2.45) is 5.73 Å². The maximum Gasteiger partial charge on any atom is 0.321 e. The molecule has 0 amide bonds. The first-order valence-corrected chi connectivity index (χ1v) is 12.1. The number of anilines is 1. The van der Waals surface area contributed by atoms with Gasteiger partial charge in [0.25, 0.3) is 0 Å². The molecule has 0 aliphatic rings. The van der Waals surface area contributed by atoms with E-state index >= 15 is 0 Å². The van der Waals surface area contributed by atoms with E-state index in [4.69, 9.17) is 27.7 Å². The Labute approximate surface area is 203 Å². The van der Waals surface area contributed by atoms with Crippen LogP contribution < -0.4 is 10.2 Å². The molecule has 0 aliphatic carbocycles. The largest absolute Gasteiger partial charge is 0.459 e. The van der Waals surface area contributed by atoms with Crippen molar-refractivity contribution in [3.05, 3.63) is 66.5 Å². The van der Waals surface area contributed by atoms with E-state index in [0.29, 0.717) is 16.5 Å². The maximum absolute atomic E-state index is 13.6. The van der Waals surface area contributed by atoms with Crippen LogP contribution in [0.1, 0.15) is 26.3 Å². The second kappa shape index (κ2) is 9.96. The Morgan fingerprint density at radius 1 is 1.15 bits per heavy atom. The van der Waals surface area contributed by atoms with E-state index in [1.165, 1.54) is 24.5 Å². The summed E-state index contributed by atoms with van der Waals surface area (Å²) in [5.74, 6) is -1.06. The highest BCUT2D eigenvalue weighted by Crippen LogP contribution is 2.30. The van der Waals surface area contributed by atoms with Gasteiger partial charge in [-0.25, -0.2) is 12.8 Å². The van der Waals surface area contributed by atoms with E-state index in [-0.39, 0.29) is 11.4 Å². The Morgan fingerprint density at radius 2 is 1.82 bits per heavy atom. The average molecular weight is 504 g/mol. The number of rotatable bonds is 7. The Balaban J connectivity index is 2.02. The first kappa shape index (κ1) is 25.4. The van der Waals surface area contributed by atoms with Crippen molar-refractivity contribution in [3.63, 3.8) is 0 Å². The van der Waals surface area contributed by atoms with E-state index in [1.807, 2.05) is 6.07 Å². The highest BCUT2D eigenvalue weighted by molar-refractivity contribution is 7.89. The molecule has 9 nitrogen and oxygen atoms in total. The van der Waals surface area contributed by atoms with Crippen molar-refractivity contribution in [2.75, 3.05) is 11.0 Å². The minimum absolute atomic E-state index is 0.0153. The Bertz CT molecular complexity index is 1310. The zero-order valence-electron chi connectivity index (χ0n) is 19.0. The second-order valence-corrected chi connectivity index (χ2v) is 10.8. The van der Waals surface area contributed by atoms with Gasteiger partial charge in [-0.15, -0.1) is 0 Å². The normalized spacial score (nSPS) is 12.0. The number of hydrogen-bond acceptors (Lipinski definition) is 6. The molecule has 0 saturated heterocycles. The Hall–Kier alpha value is -3.21. The van der Waals surface area contributed by atoms with Gasteiger partial charge in [0.15, 0.2) is 0 Å². The van der Waals surface area contributed by atoms with Crippen molar-refractivity contribution in [1.82, 2.24) is 9.29 Å². The second-order valence-electron chi connectivity index (χ2n) is 8.55. The predicted molar refractivity (Wildman–Crippen MR) is 132 cm³/mol. The highest BCUT2D eigenvalue weighted by atomic mass is 35.5. The van der Waals surface area contributed by atoms with Gasteiger partial charge in [-0.05, 0) is 38.5 Å². The number of carbonyl (C=O) groups excluding carboxylic acids is 1. The zero-order valence-corrected chi connectivity index (χ0v) is 20.6. The number of aromatic nitrogens is 1. The van der Waals surface area contributed by atoms with Gasteiger partial charge in [0.1, 0.15) is 12.1 Å². The van der Waals surface area contributed by atoms with Gasteiger partial charge < -0.3 is 10.5 Å². The summed E-state index contributed by atoms with van der Waals surface area (Å²) in [6.07, 6.45) is 2.91. The van der Waals surface area contributed by atoms with E-state index in [0.717, 1.165) is 14.3 Å². The van der Waals surface area contributed by atoms with Crippen LogP contribution in [0.5, 0.6) is 0 Å². The van der Waals surface area contributed by atoms with Crippen molar-refractivity contribution in [2.45, 2.75) is 37.8 Å². The van der Waals surface area contributed by atoms with Crippen molar-refractivity contribution in [1.29, 1.82) is 5.41 Å². The van der Waals surface area contributed by atoms with Crippen LogP contribution in [0.25, 0.3) is 10.8 Å². The van der Waals surface area contributed by atoms with Gasteiger partial charge in [0.05, 0.1) is 16.8 Å². The number of esters is 1. The molecule has 0 radical (unpaired) electrons. The monoisotopic (exact) mass is 503 g/mol. The van der Waals surface area contributed by atoms with Gasteiger partial charge in [0, 0.05) is 35.3 Å². The lowest BCUT2D eigenvalue weighted by atomic mass is 10.1. The van der Waals surface area contributed by atoms with E-state index in [1.54, 1.807) is 51.1 Å². The molecule has 0 saturated carbocycles. The van der Waals surface area contributed by atoms with Crippen LogP contribution >= 0.6 is 11.8 Å². The summed E-state index contributed by atoms with van der Waals surface area (Å²) in [6, 6.07) is 13.4. The number of nitrogens with zero attached hydrogens (tertiary/aromatic N) is 3. The van der Waals surface area contributed by atoms with Crippen LogP contribution in [0.15, 0.2) is 65.8 Å². The summed E-state index contributed by atoms with van der Waals surface area (Å²) in [5, 5.41) is 8.57. The van der Waals surface area contributed by atoms with Crippen LogP contribution in [0.4, 0.5) is 5.69 Å². The molecule has 34 heavy (non-hydrogen) atoms. The number of hydrogen-bond donors (Lipinski definition) is 2. The summed E-state index contributed by atoms with van der Waals surface area (Å²) < 4.78 is 34.6. The molecule has 0 aliphatic heterocycles. The molecule has 1 aromatic heterocycles. The standard InChI is InChI=1S/C23H26ClN5O4S/c1-23(2,3)33-21(30)15-28(14-16-7-5-4-6-8-16)34(31,32)18-9-10-19-17(11-18)12-27-13-20(19)29(24)22(25)26/h4-13H,14-15H2,1-3H3,(H3,25,26). The molecule has 3 N–H and O–H groups in total. The molecule has 2 aromatic carbocycles. The average Bonchev–Trinajstić information content (AvgIpc) is 2.76. The number of benzene rings is 2. The van der Waals surface area contributed by atoms with Gasteiger partial charge in [-0.3, -0.25) is 15.2 Å². The van der Waals surface area contributed by atoms with Crippen LogP contribution in [0.3, 0.4) is 0 Å². The summed E-state index contributed by atoms with van der Waals surface area (Å²) >= 11 is 6.07. The summed E-state index contributed by atoms with van der Waals surface area (Å²) in [5.41, 5.74) is 5.77. The van der Waals surface area contributed by atoms with E-state index < -0.39 is 34.1 Å². The molecule has 3 rings (SSSR count). The van der Waals surface area contributed by atoms with Crippen molar-refractivity contribution >= 4 is 50.2 Å². The molecule has 1 heterocycles. The number of ether oxygens (including phenoxy) is 1. The highest BCUT2D eigenvalue weighted by Gasteiger charge is 2.29. The molecule has 3 aromatic rings. The van der Waals surface area contributed by atoms with Gasteiger partial charge in [-0.1, -0.05) is 36.4 Å². The molecule has 0 fully saturated rings. The third-order valence-electron chi connectivity index (χ3n) is 4.70. The number of sulfonamides is 1. The van der Waals surface area contributed by atoms with Crippen molar-refractivity contribution in [3.8, 4) is 0 Å². The summed E-state index contributed by atoms with van der Waals surface area (Å²) in [6.45, 7) is 4.69. The minimum atomic E-state index is -4.10. The molecule has 0 spiro atoms. The fraction of sp³-hybridized carbons (Fsp3) is 0.261. The molecule has 180 valence electrons. The molecule has 11 heteroatoms. The third-order valence-corrected chi connectivity index (χ3v) is 6.85. The fourth-order valence-corrected chi connectivity index (χ4v) is 4.81. The van der Waals surface area contributed by atoms with Crippen LogP contribution in [0, 0.1) is 5.41 Å². The number of halogens is 1. The maximum atomic E-state index is 13.6. The first-order chi connectivity index (χ1) is 15.9. The number of pyridine rings is 1. The fourth-order valence-electron chi connectivity index (χ4n) is 3.27. The van der Waals surface area contributed by atoms with E-state index in [2.05, 4.69) is 4.98 Å². The lowest BCUT2D eigenvalue weighted by Gasteiger charge is -2.25. The predicted octanol–water partition coefficient (Wildman–Crippen LogP) is 3.62. The van der Waals surface area contributed by atoms with Crippen LogP contribution in [0.2, 0.25) is 0 Å². The SMILES string of the molecule is CC(C)(C)OC(=O)CN(Cc1ccccc1)S(=O)(=O)c1ccc2c(N(Cl)C(=N)N)cncc2c1. The lowest BCUT2D eigenvalue weighted by molar-refractivity contribution is -0.155. The number of carbonyl (C=O) groups is 1. The number of nitrogens with two attached hydrogens (primary N) is 1. The van der Waals surface area contributed by atoms with Crippen LogP contribution in [-0.2, 0) is 26.1 Å². The first-order valence-electron chi connectivity index (χ1n) is 10.3. The molecular formula is C23H26ClN5O4S. The number of nitrogens with one attached hydrogen (secondary N) is 1. The van der Waals surface area contributed by atoms with Gasteiger partial charge in [-0.2, -0.15) is 4.31 Å². The molecule has 0 bridgehead atoms. The zero-order chi connectivity index (χ0) is 25.1. The van der Waals surface area contributed by atoms with Crippen molar-refractivity contribution < 1.29 is 17.9 Å². The molecular weight excluding hydrogens is 478 g/mol. The smallest absolute Gasteiger partial charge is 0.321 e. The molecule has 0 atom stereocenters. The Kier molecular flexibility index (Phi) is 7.44. The quantitative estimate of drug-likeness (QED) is 0.218. The number of fused-ring (bicyclic) bond motifs is 1. The van der Waals surface area contributed by atoms with Crippen LogP contribution in [-0.4, -0.2) is 41.8 Å². The summed E-state index contributed by atoms with van der Waals surface area (Å²) in [7, 11) is -4.10. The number of guanidine groups is 1.